The molecule has 1 heterocycles. The van der Waals surface area contributed by atoms with Crippen LogP contribution >= 0.6 is 0 Å². The molecule has 0 aliphatic rings. The van der Waals surface area contributed by atoms with E-state index in [0.29, 0.717) is 6.42 Å². The Hall–Kier alpha value is -2.20. The number of nitrogens with zero attached hydrogens (tertiary/aromatic N) is 1. The second-order valence-electron chi connectivity index (χ2n) is 4.36. The van der Waals surface area contributed by atoms with Crippen LogP contribution < -0.4 is 4.74 Å². The lowest BCUT2D eigenvalue weighted by molar-refractivity contribution is -0.108. The van der Waals surface area contributed by atoms with Crippen LogP contribution in [0.25, 0.3) is 0 Å². The second kappa shape index (κ2) is 7.40. The van der Waals surface area contributed by atoms with Gasteiger partial charge < -0.3 is 14.3 Å². The maximum absolute atomic E-state index is 10.9. The van der Waals surface area contributed by atoms with Crippen molar-refractivity contribution in [1.82, 2.24) is 4.98 Å². The van der Waals surface area contributed by atoms with Crippen LogP contribution in [-0.4, -0.2) is 25.2 Å². The zero-order valence-corrected chi connectivity index (χ0v) is 11.4. The molecule has 0 aliphatic carbocycles. The monoisotopic (exact) mass is 271 g/mol. The van der Waals surface area contributed by atoms with Gasteiger partial charge in [-0.3, -0.25) is 4.98 Å². The van der Waals surface area contributed by atoms with E-state index in [1.165, 1.54) is 0 Å². The minimum absolute atomic E-state index is 0.0256. The van der Waals surface area contributed by atoms with Gasteiger partial charge in [-0.15, -0.1) is 0 Å². The lowest BCUT2D eigenvalue weighted by Crippen LogP contribution is -2.03. The summed E-state index contributed by atoms with van der Waals surface area (Å²) in [4.78, 5) is 15.0. The van der Waals surface area contributed by atoms with Crippen molar-refractivity contribution in [2.24, 2.45) is 0 Å². The fourth-order valence-corrected chi connectivity index (χ4v) is 2.07. The molecule has 0 bridgehead atoms. The van der Waals surface area contributed by atoms with E-state index in [-0.39, 0.29) is 12.7 Å². The number of benzene rings is 1. The van der Waals surface area contributed by atoms with Crippen LogP contribution in [0.3, 0.4) is 0 Å². The lowest BCUT2D eigenvalue weighted by Gasteiger charge is -2.15. The average molecular weight is 271 g/mol. The summed E-state index contributed by atoms with van der Waals surface area (Å²) < 4.78 is 10.2. The Morgan fingerprint density at radius 1 is 1.20 bits per heavy atom. The van der Waals surface area contributed by atoms with Gasteiger partial charge in [0.25, 0.3) is 0 Å². The van der Waals surface area contributed by atoms with E-state index in [0.717, 1.165) is 23.2 Å². The summed E-state index contributed by atoms with van der Waals surface area (Å²) in [6.45, 7) is 0.222. The number of carbonyl (C=O) groups excluding carboxylic acids is 1. The van der Waals surface area contributed by atoms with Crippen molar-refractivity contribution in [2.75, 3.05) is 13.9 Å². The first-order chi connectivity index (χ1) is 9.85. The first-order valence-electron chi connectivity index (χ1n) is 6.40. The SMILES string of the molecule is COCOc1ccc(C(CC=O)c2cccnc2)cc1. The molecule has 2 aromatic rings. The fraction of sp³-hybridized carbons (Fsp3) is 0.250. The Kier molecular flexibility index (Phi) is 5.26. The predicted molar refractivity (Wildman–Crippen MR) is 75.7 cm³/mol. The number of aromatic nitrogens is 1. The fourth-order valence-electron chi connectivity index (χ4n) is 2.07. The zero-order valence-electron chi connectivity index (χ0n) is 11.4. The van der Waals surface area contributed by atoms with Crippen LogP contribution in [0.4, 0.5) is 0 Å². The maximum Gasteiger partial charge on any atom is 0.188 e. The molecule has 0 saturated heterocycles. The van der Waals surface area contributed by atoms with E-state index in [2.05, 4.69) is 4.98 Å². The largest absolute Gasteiger partial charge is 0.468 e. The molecule has 0 radical (unpaired) electrons. The molecule has 0 fully saturated rings. The highest BCUT2D eigenvalue weighted by Gasteiger charge is 2.13. The van der Waals surface area contributed by atoms with Crippen LogP contribution in [0.2, 0.25) is 0 Å². The number of hydrogen-bond donors (Lipinski definition) is 0. The van der Waals surface area contributed by atoms with Crippen molar-refractivity contribution in [3.8, 4) is 5.75 Å². The first-order valence-corrected chi connectivity index (χ1v) is 6.40. The number of rotatable bonds is 7. The normalized spacial score (nSPS) is 11.8. The molecule has 0 amide bonds. The summed E-state index contributed by atoms with van der Waals surface area (Å²) in [6, 6.07) is 11.5. The standard InChI is InChI=1S/C16H17NO3/c1-19-12-20-15-6-4-13(5-7-15)16(8-10-18)14-3-2-9-17-11-14/h2-7,9-11,16H,8,12H2,1H3. The Morgan fingerprint density at radius 3 is 2.60 bits per heavy atom. The van der Waals surface area contributed by atoms with Crippen molar-refractivity contribution < 1.29 is 14.3 Å². The molecule has 104 valence electrons. The Labute approximate surface area is 118 Å². The van der Waals surface area contributed by atoms with Crippen LogP contribution in [0.1, 0.15) is 23.5 Å². The topological polar surface area (TPSA) is 48.4 Å². The number of aldehydes is 1. The van der Waals surface area contributed by atoms with Crippen LogP contribution in [0, 0.1) is 0 Å². The summed E-state index contributed by atoms with van der Waals surface area (Å²) in [7, 11) is 1.58. The quantitative estimate of drug-likeness (QED) is 0.574. The minimum atomic E-state index is 0.0256. The summed E-state index contributed by atoms with van der Waals surface area (Å²) in [5, 5.41) is 0. The van der Waals surface area contributed by atoms with E-state index in [1.807, 2.05) is 36.4 Å². The van der Waals surface area contributed by atoms with Gasteiger partial charge in [0, 0.05) is 31.8 Å². The molecule has 2 rings (SSSR count). The summed E-state index contributed by atoms with van der Waals surface area (Å²) in [5.41, 5.74) is 2.10. The maximum atomic E-state index is 10.9. The number of ether oxygens (including phenoxy) is 2. The molecule has 1 aromatic heterocycles. The van der Waals surface area contributed by atoms with Gasteiger partial charge in [0.2, 0.25) is 0 Å². The third-order valence-electron chi connectivity index (χ3n) is 3.04. The Balaban J connectivity index is 2.19. The summed E-state index contributed by atoms with van der Waals surface area (Å²) in [6.07, 6.45) is 4.89. The van der Waals surface area contributed by atoms with Crippen molar-refractivity contribution in [2.45, 2.75) is 12.3 Å². The van der Waals surface area contributed by atoms with E-state index < -0.39 is 0 Å². The molecule has 1 unspecified atom stereocenters. The smallest absolute Gasteiger partial charge is 0.188 e. The number of carbonyl (C=O) groups is 1. The summed E-state index contributed by atoms with van der Waals surface area (Å²) in [5.74, 6) is 0.768. The predicted octanol–water partition coefficient (Wildman–Crippen LogP) is 2.79. The molecular formula is C16H17NO3. The molecule has 20 heavy (non-hydrogen) atoms. The van der Waals surface area contributed by atoms with Crippen LogP contribution in [0.5, 0.6) is 5.75 Å². The lowest BCUT2D eigenvalue weighted by atomic mass is 9.90. The van der Waals surface area contributed by atoms with Gasteiger partial charge in [-0.05, 0) is 29.3 Å². The third-order valence-corrected chi connectivity index (χ3v) is 3.04. The average Bonchev–Trinajstić information content (AvgIpc) is 2.52. The molecule has 1 aromatic carbocycles. The Morgan fingerprint density at radius 2 is 2.00 bits per heavy atom. The van der Waals surface area contributed by atoms with E-state index >= 15 is 0 Å². The molecule has 0 N–H and O–H groups in total. The van der Waals surface area contributed by atoms with Gasteiger partial charge in [0.15, 0.2) is 6.79 Å². The number of hydrogen-bond acceptors (Lipinski definition) is 4. The summed E-state index contributed by atoms with van der Waals surface area (Å²) >= 11 is 0. The van der Waals surface area contributed by atoms with Gasteiger partial charge >= 0.3 is 0 Å². The van der Waals surface area contributed by atoms with E-state index in [4.69, 9.17) is 9.47 Å². The van der Waals surface area contributed by atoms with Gasteiger partial charge in [-0.25, -0.2) is 0 Å². The highest BCUT2D eigenvalue weighted by atomic mass is 16.7. The van der Waals surface area contributed by atoms with Gasteiger partial charge in [-0.2, -0.15) is 0 Å². The third kappa shape index (κ3) is 3.65. The first kappa shape index (κ1) is 14.2. The van der Waals surface area contributed by atoms with Crippen molar-refractivity contribution >= 4 is 6.29 Å². The molecule has 0 spiro atoms. The van der Waals surface area contributed by atoms with Crippen molar-refractivity contribution in [3.63, 3.8) is 0 Å². The van der Waals surface area contributed by atoms with Crippen LogP contribution in [-0.2, 0) is 9.53 Å². The van der Waals surface area contributed by atoms with Gasteiger partial charge in [-0.1, -0.05) is 18.2 Å². The molecule has 0 saturated carbocycles. The molecule has 4 heteroatoms. The zero-order chi connectivity index (χ0) is 14.2. The van der Waals surface area contributed by atoms with Crippen LogP contribution in [0.15, 0.2) is 48.8 Å². The molecule has 0 aliphatic heterocycles. The van der Waals surface area contributed by atoms with E-state index in [9.17, 15) is 4.79 Å². The Bertz CT molecular complexity index is 525. The van der Waals surface area contributed by atoms with Crippen molar-refractivity contribution in [1.29, 1.82) is 0 Å². The van der Waals surface area contributed by atoms with Gasteiger partial charge in [0.05, 0.1) is 0 Å². The van der Waals surface area contributed by atoms with Crippen molar-refractivity contribution in [3.05, 3.63) is 59.9 Å². The number of methoxy groups -OCH3 is 1. The highest BCUT2D eigenvalue weighted by Crippen LogP contribution is 2.28. The number of pyridine rings is 1. The highest BCUT2D eigenvalue weighted by molar-refractivity contribution is 5.54. The van der Waals surface area contributed by atoms with Gasteiger partial charge in [0.1, 0.15) is 12.0 Å². The molecular weight excluding hydrogens is 254 g/mol. The second-order valence-corrected chi connectivity index (χ2v) is 4.36. The minimum Gasteiger partial charge on any atom is -0.468 e. The van der Waals surface area contributed by atoms with E-state index in [1.54, 1.807) is 19.5 Å². The molecule has 4 nitrogen and oxygen atoms in total. The molecule has 1 atom stereocenters.